The van der Waals surface area contributed by atoms with E-state index in [1.807, 2.05) is 0 Å². The number of nitrogens with zero attached hydrogens (tertiary/aromatic N) is 1. The monoisotopic (exact) mass is 559 g/mol. The van der Waals surface area contributed by atoms with Gasteiger partial charge in [0, 0.05) is 0 Å². The number of aliphatic carboxylic acids is 1. The number of carboxylic acids is 1. The maximum atomic E-state index is 10.6. The van der Waals surface area contributed by atoms with Crippen LogP contribution in [0.2, 0.25) is 0 Å². The summed E-state index contributed by atoms with van der Waals surface area (Å²) in [6.07, 6.45) is 13.3. The molecule has 0 saturated carbocycles. The number of likely N-dealkylation sites (N-methyl/N-ethyl adjacent to an activating group) is 1. The van der Waals surface area contributed by atoms with Crippen LogP contribution in [0.5, 0.6) is 0 Å². The van der Waals surface area contributed by atoms with Gasteiger partial charge in [0.15, 0.2) is 0 Å². The van der Waals surface area contributed by atoms with E-state index in [4.69, 9.17) is 24.4 Å². The molecule has 11 nitrogen and oxygen atoms in total. The first kappa shape index (κ1) is 38.3. The lowest BCUT2D eigenvalue weighted by Gasteiger charge is -2.34. The predicted octanol–water partition coefficient (Wildman–Crippen LogP) is 2.96. The van der Waals surface area contributed by atoms with Gasteiger partial charge in [0.1, 0.15) is 13.1 Å². The molecule has 0 aliphatic carbocycles. The summed E-state index contributed by atoms with van der Waals surface area (Å²) in [5, 5.41) is 17.4. The molecule has 0 fully saturated rings. The fraction of sp³-hybridized carbons (Fsp3) is 0.960. The van der Waals surface area contributed by atoms with E-state index in [1.54, 1.807) is 0 Å². The minimum Gasteiger partial charge on any atom is -0.726 e. The topological polar surface area (TPSA) is 152 Å². The summed E-state index contributed by atoms with van der Waals surface area (Å²) >= 11 is 0. The molecule has 0 heterocycles. The number of quaternary nitrogens is 1. The van der Waals surface area contributed by atoms with Crippen LogP contribution in [0.25, 0.3) is 0 Å². The van der Waals surface area contributed by atoms with Crippen molar-refractivity contribution in [2.24, 2.45) is 0 Å². The van der Waals surface area contributed by atoms with Crippen LogP contribution in [0.3, 0.4) is 0 Å². The largest absolute Gasteiger partial charge is 0.726 e. The van der Waals surface area contributed by atoms with Crippen LogP contribution < -0.4 is 0 Å². The zero-order valence-corrected chi connectivity index (χ0v) is 24.2. The molecule has 0 aliphatic rings. The molecular formula is C25H53NO10S. The Bertz CT molecular complexity index is 606. The molecule has 12 heteroatoms. The van der Waals surface area contributed by atoms with Crippen molar-refractivity contribution in [3.8, 4) is 0 Å². The molecule has 0 bridgehead atoms. The van der Waals surface area contributed by atoms with E-state index in [0.29, 0.717) is 33.0 Å². The minimum absolute atomic E-state index is 0.0374. The van der Waals surface area contributed by atoms with Crippen molar-refractivity contribution in [2.75, 3.05) is 80.0 Å². The van der Waals surface area contributed by atoms with Crippen molar-refractivity contribution in [3.63, 3.8) is 0 Å². The van der Waals surface area contributed by atoms with Gasteiger partial charge in [-0.1, -0.05) is 58.3 Å². The maximum Gasteiger partial charge on any atom is 0.305 e. The van der Waals surface area contributed by atoms with Gasteiger partial charge in [0.05, 0.1) is 73.4 Å². The number of rotatable bonds is 26. The first-order valence-corrected chi connectivity index (χ1v) is 14.8. The summed E-state index contributed by atoms with van der Waals surface area (Å²) in [7, 11) is -1.37. The highest BCUT2D eigenvalue weighted by atomic mass is 32.3. The number of unbranched alkanes of at least 4 members (excludes halogenated alkanes) is 9. The van der Waals surface area contributed by atoms with Gasteiger partial charge in [0.2, 0.25) is 10.4 Å². The van der Waals surface area contributed by atoms with Gasteiger partial charge in [0.25, 0.3) is 0 Å². The highest BCUT2D eigenvalue weighted by Gasteiger charge is 2.21. The lowest BCUT2D eigenvalue weighted by molar-refractivity contribution is -0.910. The van der Waals surface area contributed by atoms with Crippen molar-refractivity contribution in [2.45, 2.75) is 77.6 Å². The Morgan fingerprint density at radius 2 is 1.19 bits per heavy atom. The second kappa shape index (κ2) is 26.7. The Kier molecular flexibility index (Phi) is 27.7. The third kappa shape index (κ3) is 33.1. The van der Waals surface area contributed by atoms with Crippen molar-refractivity contribution in [3.05, 3.63) is 0 Å². The molecular weight excluding hydrogens is 506 g/mol. The average molecular weight is 560 g/mol. The maximum absolute atomic E-state index is 10.6. The standard InChI is InChI=1S/C24H49NO6.CH4O4S/c1-3-4-5-6-7-8-9-10-11-12-14-25(2,15-19-29-18-13-24(27)28)16-20-30-22-23-31-21-17-26;1-5-6(2,3)4/h26H,3-23H2,1-2H3;1H3,(H,2,3,4). The summed E-state index contributed by atoms with van der Waals surface area (Å²) in [5.41, 5.74) is 0. The second-order valence-corrected chi connectivity index (χ2v) is 10.4. The zero-order valence-electron chi connectivity index (χ0n) is 23.4. The van der Waals surface area contributed by atoms with Crippen molar-refractivity contribution in [1.82, 2.24) is 0 Å². The summed E-state index contributed by atoms with van der Waals surface area (Å²) in [4.78, 5) is 10.6. The van der Waals surface area contributed by atoms with Crippen molar-refractivity contribution >= 4 is 16.4 Å². The highest BCUT2D eigenvalue weighted by Crippen LogP contribution is 2.12. The van der Waals surface area contributed by atoms with Crippen LogP contribution in [-0.2, 0) is 33.6 Å². The van der Waals surface area contributed by atoms with E-state index in [1.165, 1.54) is 64.2 Å². The third-order valence-corrected chi connectivity index (χ3v) is 6.28. The van der Waals surface area contributed by atoms with E-state index in [9.17, 15) is 17.8 Å². The molecule has 0 rings (SSSR count). The molecule has 0 radical (unpaired) electrons. The predicted molar refractivity (Wildman–Crippen MR) is 141 cm³/mol. The molecule has 37 heavy (non-hydrogen) atoms. The van der Waals surface area contributed by atoms with Gasteiger partial charge in [-0.05, 0) is 12.8 Å². The normalized spacial score (nSPS) is 13.1. The lowest BCUT2D eigenvalue weighted by Crippen LogP contribution is -2.49. The molecule has 1 atom stereocenters. The number of hydrogen-bond donors (Lipinski definition) is 2. The molecule has 0 spiro atoms. The number of ether oxygens (including phenoxy) is 3. The molecule has 0 saturated heterocycles. The number of carboxylic acid groups (broad SMARTS) is 1. The Morgan fingerprint density at radius 1 is 0.757 bits per heavy atom. The molecule has 0 amide bonds. The highest BCUT2D eigenvalue weighted by molar-refractivity contribution is 7.80. The van der Waals surface area contributed by atoms with E-state index < -0.39 is 16.4 Å². The first-order valence-electron chi connectivity index (χ1n) is 13.5. The molecule has 2 N–H and O–H groups in total. The second-order valence-electron chi connectivity index (χ2n) is 9.25. The SMILES string of the molecule is CCCCCCCCCCCC[N+](C)(CCOCCOCCO)CCOCCC(=O)O.COS(=O)(=O)[O-]. The van der Waals surface area contributed by atoms with Gasteiger partial charge in [-0.2, -0.15) is 0 Å². The number of hydrogen-bond acceptors (Lipinski definition) is 9. The quantitative estimate of drug-likeness (QED) is 0.0700. The van der Waals surface area contributed by atoms with E-state index in [2.05, 4.69) is 18.2 Å². The lowest BCUT2D eigenvalue weighted by atomic mass is 10.1. The Morgan fingerprint density at radius 3 is 1.62 bits per heavy atom. The van der Waals surface area contributed by atoms with Crippen LogP contribution in [0.4, 0.5) is 0 Å². The fourth-order valence-corrected chi connectivity index (χ4v) is 3.53. The molecule has 224 valence electrons. The molecule has 0 aromatic rings. The Labute approximate surface area is 225 Å². The van der Waals surface area contributed by atoms with Crippen LogP contribution >= 0.6 is 0 Å². The molecule has 0 aromatic carbocycles. The van der Waals surface area contributed by atoms with Gasteiger partial charge in [-0.25, -0.2) is 8.42 Å². The van der Waals surface area contributed by atoms with Gasteiger partial charge >= 0.3 is 5.97 Å². The smallest absolute Gasteiger partial charge is 0.305 e. The average Bonchev–Trinajstić information content (AvgIpc) is 2.84. The van der Waals surface area contributed by atoms with Crippen molar-refractivity contribution < 1.29 is 50.9 Å². The van der Waals surface area contributed by atoms with Crippen LogP contribution in [0.1, 0.15) is 77.6 Å². The van der Waals surface area contributed by atoms with Gasteiger partial charge in [-0.3, -0.25) is 8.98 Å². The van der Waals surface area contributed by atoms with Crippen LogP contribution in [-0.4, -0.2) is 114 Å². The Hall–Kier alpha value is -0.860. The van der Waals surface area contributed by atoms with E-state index >= 15 is 0 Å². The van der Waals surface area contributed by atoms with Gasteiger partial charge in [-0.15, -0.1) is 0 Å². The first-order chi connectivity index (χ1) is 17.6. The number of carbonyl (C=O) groups is 1. The van der Waals surface area contributed by atoms with Crippen LogP contribution in [0, 0.1) is 0 Å². The summed E-state index contributed by atoms with van der Waals surface area (Å²) in [5.74, 6) is -0.820. The van der Waals surface area contributed by atoms with Crippen LogP contribution in [0.15, 0.2) is 0 Å². The molecule has 0 aromatic heterocycles. The number of aliphatic hydroxyl groups is 1. The van der Waals surface area contributed by atoms with Gasteiger partial charge < -0.3 is 33.5 Å². The zero-order chi connectivity index (χ0) is 28.3. The minimum atomic E-state index is -4.41. The third-order valence-electron chi connectivity index (χ3n) is 5.87. The fourth-order valence-electron chi connectivity index (χ4n) is 3.53. The van der Waals surface area contributed by atoms with E-state index in [0.717, 1.165) is 31.2 Å². The molecule has 0 aliphatic heterocycles. The summed E-state index contributed by atoms with van der Waals surface area (Å²) < 4.78 is 48.3. The van der Waals surface area contributed by atoms with Crippen molar-refractivity contribution in [1.29, 1.82) is 0 Å². The van der Waals surface area contributed by atoms with E-state index in [-0.39, 0.29) is 19.6 Å². The number of aliphatic hydroxyl groups excluding tert-OH is 1. The molecule has 1 unspecified atom stereocenters. The summed E-state index contributed by atoms with van der Waals surface area (Å²) in [6, 6.07) is 0. The summed E-state index contributed by atoms with van der Waals surface area (Å²) in [6.45, 7) is 8.03. The Balaban J connectivity index is 0.